The van der Waals surface area contributed by atoms with Gasteiger partial charge < -0.3 is 10.1 Å². The summed E-state index contributed by atoms with van der Waals surface area (Å²) < 4.78 is 5.58. The molecule has 1 N–H and O–H groups in total. The summed E-state index contributed by atoms with van der Waals surface area (Å²) in [5.74, 6) is 1.54. The molecule has 0 bridgehead atoms. The van der Waals surface area contributed by atoms with Crippen LogP contribution in [-0.4, -0.2) is 49.8 Å². The number of rotatable bonds is 9. The second kappa shape index (κ2) is 7.61. The molecule has 2 aliphatic rings. The van der Waals surface area contributed by atoms with Gasteiger partial charge in [-0.05, 0) is 44.7 Å². The average Bonchev–Trinajstić information content (AvgIpc) is 3.07. The lowest BCUT2D eigenvalue weighted by molar-refractivity contribution is 0.156. The van der Waals surface area contributed by atoms with Crippen molar-refractivity contribution in [2.75, 3.05) is 32.8 Å². The summed E-state index contributed by atoms with van der Waals surface area (Å²) >= 11 is 0. The summed E-state index contributed by atoms with van der Waals surface area (Å²) in [4.78, 5) is 2.74. The van der Waals surface area contributed by atoms with Crippen molar-refractivity contribution < 1.29 is 4.74 Å². The van der Waals surface area contributed by atoms with Gasteiger partial charge in [-0.15, -0.1) is 0 Å². The SMILES string of the molecule is CCNC(CN(CCC(C)C)C1CC1)C1CCOC1. The largest absolute Gasteiger partial charge is 0.381 e. The summed E-state index contributed by atoms with van der Waals surface area (Å²) in [5.41, 5.74) is 0. The maximum atomic E-state index is 5.58. The molecule has 2 unspecified atom stereocenters. The molecule has 2 fully saturated rings. The van der Waals surface area contributed by atoms with E-state index in [0.717, 1.165) is 37.6 Å². The minimum absolute atomic E-state index is 0.625. The van der Waals surface area contributed by atoms with Gasteiger partial charge in [-0.1, -0.05) is 20.8 Å². The highest BCUT2D eigenvalue weighted by Gasteiger charge is 2.33. The average molecular weight is 268 g/mol. The molecule has 0 aromatic rings. The van der Waals surface area contributed by atoms with Gasteiger partial charge in [0, 0.05) is 31.2 Å². The zero-order chi connectivity index (χ0) is 13.7. The molecule has 1 saturated heterocycles. The number of likely N-dealkylation sites (N-methyl/N-ethyl adjacent to an activating group) is 1. The van der Waals surface area contributed by atoms with Crippen LogP contribution in [0.25, 0.3) is 0 Å². The molecule has 3 nitrogen and oxygen atoms in total. The molecule has 1 saturated carbocycles. The van der Waals surface area contributed by atoms with Crippen LogP contribution >= 0.6 is 0 Å². The summed E-state index contributed by atoms with van der Waals surface area (Å²) in [5, 5.41) is 3.70. The lowest BCUT2D eigenvalue weighted by Gasteiger charge is -2.31. The first kappa shape index (κ1) is 15.3. The topological polar surface area (TPSA) is 24.5 Å². The Hall–Kier alpha value is -0.120. The maximum Gasteiger partial charge on any atom is 0.0510 e. The maximum absolute atomic E-state index is 5.58. The molecule has 1 aliphatic carbocycles. The summed E-state index contributed by atoms with van der Waals surface area (Å²) in [6.07, 6.45) is 5.40. The van der Waals surface area contributed by atoms with E-state index in [0.29, 0.717) is 6.04 Å². The Balaban J connectivity index is 1.84. The third-order valence-electron chi connectivity index (χ3n) is 4.49. The van der Waals surface area contributed by atoms with Gasteiger partial charge in [0.2, 0.25) is 0 Å². The van der Waals surface area contributed by atoms with E-state index < -0.39 is 0 Å². The van der Waals surface area contributed by atoms with Crippen LogP contribution in [0, 0.1) is 11.8 Å². The molecular formula is C16H32N2O. The van der Waals surface area contributed by atoms with E-state index in [2.05, 4.69) is 31.0 Å². The zero-order valence-corrected chi connectivity index (χ0v) is 13.0. The highest BCUT2D eigenvalue weighted by molar-refractivity contribution is 4.89. The van der Waals surface area contributed by atoms with Crippen LogP contribution in [0.4, 0.5) is 0 Å². The fourth-order valence-electron chi connectivity index (χ4n) is 3.05. The van der Waals surface area contributed by atoms with E-state index in [1.807, 2.05) is 0 Å². The van der Waals surface area contributed by atoms with Crippen molar-refractivity contribution in [3.63, 3.8) is 0 Å². The van der Waals surface area contributed by atoms with Gasteiger partial charge in [0.1, 0.15) is 0 Å². The minimum Gasteiger partial charge on any atom is -0.381 e. The van der Waals surface area contributed by atoms with Crippen LogP contribution in [0.5, 0.6) is 0 Å². The molecule has 1 heterocycles. The number of nitrogens with one attached hydrogen (secondary N) is 1. The van der Waals surface area contributed by atoms with Crippen LogP contribution in [-0.2, 0) is 4.74 Å². The van der Waals surface area contributed by atoms with E-state index in [1.165, 1.54) is 38.8 Å². The molecule has 3 heteroatoms. The minimum atomic E-state index is 0.625. The molecule has 19 heavy (non-hydrogen) atoms. The third-order valence-corrected chi connectivity index (χ3v) is 4.49. The Labute approximate surface area is 119 Å². The normalized spacial score (nSPS) is 25.4. The molecule has 0 spiro atoms. The molecule has 112 valence electrons. The molecule has 2 atom stereocenters. The van der Waals surface area contributed by atoms with Gasteiger partial charge >= 0.3 is 0 Å². The Bertz CT molecular complexity index is 247. The zero-order valence-electron chi connectivity index (χ0n) is 13.0. The Morgan fingerprint density at radius 2 is 2.05 bits per heavy atom. The quantitative estimate of drug-likeness (QED) is 0.695. The predicted octanol–water partition coefficient (Wildman–Crippen LogP) is 2.51. The molecular weight excluding hydrogens is 236 g/mol. The standard InChI is InChI=1S/C16H32N2O/c1-4-17-16(14-8-10-19-12-14)11-18(15-5-6-15)9-7-13(2)3/h13-17H,4-12H2,1-3H3. The lowest BCUT2D eigenvalue weighted by atomic mass is 9.98. The third kappa shape index (κ3) is 5.05. The van der Waals surface area contributed by atoms with Crippen LogP contribution in [0.1, 0.15) is 46.5 Å². The van der Waals surface area contributed by atoms with Gasteiger partial charge in [-0.3, -0.25) is 4.90 Å². The van der Waals surface area contributed by atoms with E-state index in [-0.39, 0.29) is 0 Å². The first-order chi connectivity index (χ1) is 9.20. The molecule has 1 aliphatic heterocycles. The number of hydrogen-bond acceptors (Lipinski definition) is 3. The molecule has 0 amide bonds. The first-order valence-electron chi connectivity index (χ1n) is 8.25. The van der Waals surface area contributed by atoms with Crippen molar-refractivity contribution in [1.82, 2.24) is 10.2 Å². The van der Waals surface area contributed by atoms with Crippen LogP contribution in [0.2, 0.25) is 0 Å². The van der Waals surface area contributed by atoms with Gasteiger partial charge in [-0.25, -0.2) is 0 Å². The molecule has 0 radical (unpaired) electrons. The van der Waals surface area contributed by atoms with Crippen molar-refractivity contribution in [2.45, 2.75) is 58.5 Å². The van der Waals surface area contributed by atoms with E-state index >= 15 is 0 Å². The van der Waals surface area contributed by atoms with Crippen LogP contribution < -0.4 is 5.32 Å². The highest BCUT2D eigenvalue weighted by Crippen LogP contribution is 2.29. The molecule has 2 rings (SSSR count). The second-order valence-corrected chi connectivity index (χ2v) is 6.70. The highest BCUT2D eigenvalue weighted by atomic mass is 16.5. The molecule has 0 aromatic carbocycles. The van der Waals surface area contributed by atoms with Crippen molar-refractivity contribution in [3.8, 4) is 0 Å². The van der Waals surface area contributed by atoms with Crippen molar-refractivity contribution in [1.29, 1.82) is 0 Å². The van der Waals surface area contributed by atoms with Gasteiger partial charge in [0.15, 0.2) is 0 Å². The van der Waals surface area contributed by atoms with Crippen LogP contribution in [0.15, 0.2) is 0 Å². The van der Waals surface area contributed by atoms with E-state index in [4.69, 9.17) is 4.74 Å². The second-order valence-electron chi connectivity index (χ2n) is 6.70. The summed E-state index contributed by atoms with van der Waals surface area (Å²) in [7, 11) is 0. The summed E-state index contributed by atoms with van der Waals surface area (Å²) in [6, 6.07) is 1.50. The smallest absolute Gasteiger partial charge is 0.0510 e. The monoisotopic (exact) mass is 268 g/mol. The Morgan fingerprint density at radius 1 is 1.26 bits per heavy atom. The van der Waals surface area contributed by atoms with Gasteiger partial charge in [0.25, 0.3) is 0 Å². The van der Waals surface area contributed by atoms with E-state index in [9.17, 15) is 0 Å². The number of hydrogen-bond donors (Lipinski definition) is 1. The summed E-state index contributed by atoms with van der Waals surface area (Å²) in [6.45, 7) is 12.4. The Morgan fingerprint density at radius 3 is 2.58 bits per heavy atom. The lowest BCUT2D eigenvalue weighted by Crippen LogP contribution is -2.47. The van der Waals surface area contributed by atoms with E-state index in [1.54, 1.807) is 0 Å². The van der Waals surface area contributed by atoms with Gasteiger partial charge in [0.05, 0.1) is 6.61 Å². The van der Waals surface area contributed by atoms with Crippen molar-refractivity contribution in [3.05, 3.63) is 0 Å². The molecule has 0 aromatic heterocycles. The Kier molecular flexibility index (Phi) is 6.11. The first-order valence-corrected chi connectivity index (χ1v) is 8.25. The van der Waals surface area contributed by atoms with Crippen LogP contribution in [0.3, 0.4) is 0 Å². The van der Waals surface area contributed by atoms with Crippen molar-refractivity contribution >= 4 is 0 Å². The number of nitrogens with zero attached hydrogens (tertiary/aromatic N) is 1. The van der Waals surface area contributed by atoms with Crippen molar-refractivity contribution in [2.24, 2.45) is 11.8 Å². The number of ether oxygens (including phenoxy) is 1. The fraction of sp³-hybridized carbons (Fsp3) is 1.00. The predicted molar refractivity (Wildman–Crippen MR) is 80.4 cm³/mol. The fourth-order valence-corrected chi connectivity index (χ4v) is 3.05. The van der Waals surface area contributed by atoms with Gasteiger partial charge in [-0.2, -0.15) is 0 Å².